The van der Waals surface area contributed by atoms with Crippen molar-refractivity contribution in [2.24, 2.45) is 5.73 Å². The van der Waals surface area contributed by atoms with Gasteiger partial charge in [0.25, 0.3) is 0 Å². The normalized spacial score (nSPS) is 8.45. The van der Waals surface area contributed by atoms with Gasteiger partial charge in [-0.05, 0) is 54.8 Å². The molecule has 0 fully saturated rings. The first-order chi connectivity index (χ1) is 9.47. The summed E-state index contributed by atoms with van der Waals surface area (Å²) in [5.41, 5.74) is 21.9. The van der Waals surface area contributed by atoms with E-state index in [-0.39, 0.29) is 14.9 Å². The predicted octanol–water partition coefficient (Wildman–Crippen LogP) is 4.44. The first-order valence-electron chi connectivity index (χ1n) is 6.26. The molecule has 0 aromatic heterocycles. The molecule has 0 heterocycles. The summed E-state index contributed by atoms with van der Waals surface area (Å²) in [5, 5.41) is 0. The second-order valence-electron chi connectivity index (χ2n) is 4.55. The summed E-state index contributed by atoms with van der Waals surface area (Å²) < 4.78 is 0. The van der Waals surface area contributed by atoms with Crippen LogP contribution in [0.15, 0.2) is 36.4 Å². The highest BCUT2D eigenvalue weighted by atomic mass is 14.6. The van der Waals surface area contributed by atoms with Crippen molar-refractivity contribution in [2.75, 3.05) is 11.5 Å². The quantitative estimate of drug-likeness (QED) is 0.538. The molecule has 0 amide bonds. The Morgan fingerprint density at radius 2 is 1.41 bits per heavy atom. The van der Waals surface area contributed by atoms with Crippen LogP contribution in [0.5, 0.6) is 0 Å². The zero-order valence-corrected chi connectivity index (χ0v) is 11.9. The Morgan fingerprint density at radius 3 is 1.82 bits per heavy atom. The van der Waals surface area contributed by atoms with Crippen molar-refractivity contribution >= 4 is 17.1 Å². The summed E-state index contributed by atoms with van der Waals surface area (Å²) in [6, 6.07) is 11.0. The third kappa shape index (κ3) is 6.29. The van der Waals surface area contributed by atoms with E-state index in [4.69, 9.17) is 23.8 Å². The van der Waals surface area contributed by atoms with E-state index in [9.17, 15) is 0 Å². The van der Waals surface area contributed by atoms with Crippen LogP contribution in [-0.4, -0.2) is 0 Å². The Hall–Kier alpha value is -2.51. The van der Waals surface area contributed by atoms with Gasteiger partial charge in [0, 0.05) is 17.9 Å². The molecule has 0 radical (unpaired) electrons. The molecule has 0 aliphatic heterocycles. The van der Waals surface area contributed by atoms with Gasteiger partial charge in [0.05, 0.1) is 6.57 Å². The van der Waals surface area contributed by atoms with Crippen molar-refractivity contribution in [1.82, 2.24) is 0 Å². The highest BCUT2D eigenvalue weighted by Crippen LogP contribution is 2.19. The first kappa shape index (κ1) is 21.8. The average Bonchev–Trinajstić information content (AvgIpc) is 2.40. The van der Waals surface area contributed by atoms with Gasteiger partial charge in [0.1, 0.15) is 0 Å². The van der Waals surface area contributed by atoms with E-state index in [1.54, 1.807) is 18.2 Å². The van der Waals surface area contributed by atoms with Crippen molar-refractivity contribution in [3.8, 4) is 0 Å². The maximum Gasteiger partial charge on any atom is 0.190 e. The molecule has 0 atom stereocenters. The number of hydrogen-bond donors (Lipinski definition) is 3. The summed E-state index contributed by atoms with van der Waals surface area (Å²) >= 11 is 0. The number of aryl methyl sites for hydroxylation is 2. The van der Waals surface area contributed by atoms with Crippen LogP contribution in [0.2, 0.25) is 0 Å². The van der Waals surface area contributed by atoms with E-state index in [1.165, 1.54) is 5.56 Å². The zero-order chi connectivity index (χ0) is 15.1. The van der Waals surface area contributed by atoms with E-state index >= 15 is 0 Å². The smallest absolute Gasteiger partial charge is 0.190 e. The lowest BCUT2D eigenvalue weighted by Gasteiger charge is -2.02. The summed E-state index contributed by atoms with van der Waals surface area (Å²) in [6.07, 6.45) is 0. The van der Waals surface area contributed by atoms with Crippen LogP contribution < -0.4 is 17.2 Å². The van der Waals surface area contributed by atoms with E-state index in [0.717, 1.165) is 16.8 Å². The van der Waals surface area contributed by atoms with Gasteiger partial charge in [-0.3, -0.25) is 0 Å². The van der Waals surface area contributed by atoms with Gasteiger partial charge in [-0.15, -0.1) is 0 Å². The van der Waals surface area contributed by atoms with Crippen LogP contribution in [0, 0.1) is 20.4 Å². The van der Waals surface area contributed by atoms with Gasteiger partial charge in [-0.1, -0.05) is 27.0 Å². The molecule has 2 aromatic carbocycles. The Balaban J connectivity index is 0. The van der Waals surface area contributed by atoms with Crippen molar-refractivity contribution in [1.29, 1.82) is 0 Å². The molecule has 0 bridgehead atoms. The summed E-state index contributed by atoms with van der Waals surface area (Å²) in [5.74, 6) is 0. The lowest BCUT2D eigenvalue weighted by atomic mass is 10.1. The monoisotopic (exact) mass is 300 g/mol. The minimum atomic E-state index is 0. The van der Waals surface area contributed by atoms with Crippen LogP contribution in [0.4, 0.5) is 17.1 Å². The Labute approximate surface area is 134 Å². The lowest BCUT2D eigenvalue weighted by molar-refractivity contribution is 1.05. The second kappa shape index (κ2) is 10.3. The van der Waals surface area contributed by atoms with Crippen LogP contribution >= 0.6 is 0 Å². The average molecular weight is 300 g/mol. The van der Waals surface area contributed by atoms with Crippen LogP contribution in [0.1, 0.15) is 31.5 Å². The summed E-state index contributed by atoms with van der Waals surface area (Å²) in [4.78, 5) is 3.31. The fourth-order valence-electron chi connectivity index (χ4n) is 1.75. The van der Waals surface area contributed by atoms with E-state index in [0.29, 0.717) is 17.9 Å². The fourth-order valence-corrected chi connectivity index (χ4v) is 1.75. The number of anilines is 2. The highest BCUT2D eigenvalue weighted by Gasteiger charge is 1.95. The molecule has 0 unspecified atom stereocenters. The third-order valence-corrected chi connectivity index (χ3v) is 2.93. The topological polar surface area (TPSA) is 82.4 Å². The van der Waals surface area contributed by atoms with Gasteiger partial charge in [0.2, 0.25) is 0 Å². The largest absolute Gasteiger partial charge is 0.399 e. The minimum absolute atomic E-state index is 0. The van der Waals surface area contributed by atoms with Crippen LogP contribution in [-0.2, 0) is 6.54 Å². The molecule has 0 saturated heterocycles. The number of rotatable bonds is 1. The minimum Gasteiger partial charge on any atom is -0.399 e. The molecule has 120 valence electrons. The van der Waals surface area contributed by atoms with Crippen molar-refractivity contribution in [3.05, 3.63) is 64.5 Å². The predicted molar refractivity (Wildman–Crippen MR) is 98.8 cm³/mol. The van der Waals surface area contributed by atoms with Gasteiger partial charge < -0.3 is 17.2 Å². The molecule has 0 aliphatic carbocycles. The Bertz CT molecular complexity index is 627. The Morgan fingerprint density at radius 1 is 0.909 bits per heavy atom. The third-order valence-electron chi connectivity index (χ3n) is 2.93. The zero-order valence-electron chi connectivity index (χ0n) is 11.9. The first-order valence-corrected chi connectivity index (χ1v) is 6.26. The van der Waals surface area contributed by atoms with E-state index in [1.807, 2.05) is 32.0 Å². The molecule has 2 aromatic rings. The number of nitrogens with zero attached hydrogens (tertiary/aromatic N) is 1. The number of benzene rings is 2. The lowest BCUT2D eigenvalue weighted by Crippen LogP contribution is -1.99. The molecule has 22 heavy (non-hydrogen) atoms. The molecule has 4 nitrogen and oxygen atoms in total. The van der Waals surface area contributed by atoms with E-state index in [2.05, 4.69) is 4.85 Å². The maximum atomic E-state index is 6.74. The van der Waals surface area contributed by atoms with E-state index < -0.39 is 0 Å². The molecular weight excluding hydrogens is 272 g/mol. The molecule has 6 N–H and O–H groups in total. The number of nitrogens with two attached hydrogens (primary N) is 3. The fraction of sp³-hybridized carbons (Fsp3) is 0.278. The maximum absolute atomic E-state index is 6.74. The van der Waals surface area contributed by atoms with Gasteiger partial charge in [0.15, 0.2) is 5.69 Å². The van der Waals surface area contributed by atoms with Crippen molar-refractivity contribution in [2.45, 2.75) is 35.2 Å². The van der Waals surface area contributed by atoms with Gasteiger partial charge in [-0.2, -0.15) is 0 Å². The Kier molecular flexibility index (Phi) is 10.1. The highest BCUT2D eigenvalue weighted by molar-refractivity contribution is 5.57. The summed E-state index contributed by atoms with van der Waals surface area (Å²) in [7, 11) is 0. The molecule has 4 heteroatoms. The van der Waals surface area contributed by atoms with Crippen LogP contribution in [0.3, 0.4) is 0 Å². The van der Waals surface area contributed by atoms with Crippen LogP contribution in [0.25, 0.3) is 4.85 Å². The standard InChI is InChI=1S/C8H8N2.C8H12N2.2CH4/c1-6-5-7(9)3-4-8(6)10-2;1-6-4-8(10)3-2-7(6)5-9;;/h3-5H,9H2,1H3;2-4H,5,9-10H2,1H3;2*1H4. The number of nitrogen functional groups attached to an aromatic ring is 2. The molecule has 0 aliphatic rings. The molecular formula is C18H28N4. The molecule has 0 saturated carbocycles. The van der Waals surface area contributed by atoms with Gasteiger partial charge >= 0.3 is 0 Å². The SMILES string of the molecule is C.C.Cc1cc(N)ccc1CN.[C-]#[N+]c1ccc(N)cc1C. The molecule has 0 spiro atoms. The van der Waals surface area contributed by atoms with Gasteiger partial charge in [-0.25, -0.2) is 4.85 Å². The van der Waals surface area contributed by atoms with Crippen molar-refractivity contribution in [3.63, 3.8) is 0 Å². The summed E-state index contributed by atoms with van der Waals surface area (Å²) in [6.45, 7) is 11.2. The number of hydrogen-bond acceptors (Lipinski definition) is 3. The molecule has 2 rings (SSSR count). The second-order valence-corrected chi connectivity index (χ2v) is 4.55. The van der Waals surface area contributed by atoms with Crippen molar-refractivity contribution < 1.29 is 0 Å².